The molecule has 3 rings (SSSR count). The molecule has 0 N–H and O–H groups in total. The van der Waals surface area contributed by atoms with Crippen LogP contribution in [-0.4, -0.2) is 11.6 Å². The van der Waals surface area contributed by atoms with Gasteiger partial charge in [-0.15, -0.1) is 0 Å². The second kappa shape index (κ2) is 3.97. The molecule has 3 aliphatic carbocycles. The van der Waals surface area contributed by atoms with Crippen LogP contribution in [0.15, 0.2) is 0 Å². The van der Waals surface area contributed by atoms with Gasteiger partial charge in [-0.2, -0.15) is 0 Å². The zero-order chi connectivity index (χ0) is 11.1. The van der Waals surface area contributed by atoms with Crippen molar-refractivity contribution < 1.29 is 9.59 Å². The van der Waals surface area contributed by atoms with Gasteiger partial charge in [-0.05, 0) is 37.5 Å². The van der Waals surface area contributed by atoms with E-state index in [1.165, 1.54) is 25.7 Å². The van der Waals surface area contributed by atoms with Gasteiger partial charge >= 0.3 is 0 Å². The average Bonchev–Trinajstić information content (AvgIpc) is 2.36. The number of fused-ring (bicyclic) bond motifs is 3. The van der Waals surface area contributed by atoms with Crippen LogP contribution in [0.2, 0.25) is 0 Å². The van der Waals surface area contributed by atoms with E-state index in [1.54, 1.807) is 0 Å². The molecule has 0 amide bonds. The maximum atomic E-state index is 12.1. The van der Waals surface area contributed by atoms with Crippen LogP contribution in [0.3, 0.4) is 0 Å². The minimum absolute atomic E-state index is 0.00662. The zero-order valence-corrected chi connectivity index (χ0v) is 9.78. The first-order valence-electron chi connectivity index (χ1n) is 6.87. The van der Waals surface area contributed by atoms with Crippen molar-refractivity contribution in [1.29, 1.82) is 0 Å². The molecule has 0 unspecified atom stereocenters. The number of carbonyl (C=O) groups excluding carboxylic acids is 2. The summed E-state index contributed by atoms with van der Waals surface area (Å²) in [6.07, 6.45) is 9.21. The van der Waals surface area contributed by atoms with Gasteiger partial charge in [0, 0.05) is 11.8 Å². The van der Waals surface area contributed by atoms with Crippen molar-refractivity contribution in [2.75, 3.05) is 0 Å². The third kappa shape index (κ3) is 1.46. The Bertz CT molecular complexity index is 289. The molecule has 16 heavy (non-hydrogen) atoms. The fourth-order valence-electron chi connectivity index (χ4n) is 4.36. The van der Waals surface area contributed by atoms with Crippen LogP contribution in [0.1, 0.15) is 51.4 Å². The minimum Gasteiger partial charge on any atom is -0.291 e. The SMILES string of the molecule is O=C1C(=O)[C@H]2CCCC[C@H]2[C@H]2CCCC[C@H]12. The van der Waals surface area contributed by atoms with Crippen molar-refractivity contribution in [3.63, 3.8) is 0 Å². The normalized spacial score (nSPS) is 43.8. The van der Waals surface area contributed by atoms with Crippen LogP contribution in [0, 0.1) is 23.7 Å². The predicted octanol–water partition coefficient (Wildman–Crippen LogP) is 2.75. The maximum absolute atomic E-state index is 12.1. The molecule has 0 aromatic heterocycles. The summed E-state index contributed by atoms with van der Waals surface area (Å²) in [7, 11) is 0. The molecule has 3 fully saturated rings. The molecule has 0 radical (unpaired) electrons. The van der Waals surface area contributed by atoms with E-state index in [1.807, 2.05) is 0 Å². The molecule has 0 aromatic carbocycles. The molecular formula is C14H20O2. The second-order valence-corrected chi connectivity index (χ2v) is 5.84. The van der Waals surface area contributed by atoms with Gasteiger partial charge in [0.15, 0.2) is 0 Å². The van der Waals surface area contributed by atoms with Crippen molar-refractivity contribution in [2.45, 2.75) is 51.4 Å². The predicted molar refractivity (Wildman–Crippen MR) is 60.9 cm³/mol. The van der Waals surface area contributed by atoms with Gasteiger partial charge in [-0.3, -0.25) is 9.59 Å². The van der Waals surface area contributed by atoms with Crippen molar-refractivity contribution in [1.82, 2.24) is 0 Å². The number of hydrogen-bond donors (Lipinski definition) is 0. The number of rotatable bonds is 0. The van der Waals surface area contributed by atoms with Gasteiger partial charge in [0.25, 0.3) is 0 Å². The summed E-state index contributed by atoms with van der Waals surface area (Å²) in [5.41, 5.74) is 0. The number of carbonyl (C=O) groups is 2. The van der Waals surface area contributed by atoms with E-state index in [0.29, 0.717) is 11.8 Å². The fraction of sp³-hybridized carbons (Fsp3) is 0.857. The van der Waals surface area contributed by atoms with Gasteiger partial charge < -0.3 is 0 Å². The Morgan fingerprint density at radius 3 is 1.44 bits per heavy atom. The molecule has 4 atom stereocenters. The first kappa shape index (κ1) is 10.5. The summed E-state index contributed by atoms with van der Waals surface area (Å²) in [6, 6.07) is 0. The molecular weight excluding hydrogens is 200 g/mol. The Morgan fingerprint density at radius 2 is 1.00 bits per heavy atom. The fourth-order valence-corrected chi connectivity index (χ4v) is 4.36. The lowest BCUT2D eigenvalue weighted by molar-refractivity contribution is -0.151. The standard InChI is InChI=1S/C14H20O2/c15-13-11-7-3-1-5-9(11)10-6-2-4-8-12(10)14(13)16/h9-12H,1-8H2/t9-,10+,11-,12-/m0/s1. The van der Waals surface area contributed by atoms with E-state index in [2.05, 4.69) is 0 Å². The van der Waals surface area contributed by atoms with Gasteiger partial charge in [-0.1, -0.05) is 25.7 Å². The lowest BCUT2D eigenvalue weighted by Crippen LogP contribution is -2.49. The smallest absolute Gasteiger partial charge is 0.202 e. The third-order valence-corrected chi connectivity index (χ3v) is 5.11. The monoisotopic (exact) mass is 220 g/mol. The Morgan fingerprint density at radius 1 is 0.625 bits per heavy atom. The summed E-state index contributed by atoms with van der Waals surface area (Å²) in [5.74, 6) is 1.33. The van der Waals surface area contributed by atoms with E-state index < -0.39 is 0 Å². The van der Waals surface area contributed by atoms with Gasteiger partial charge in [0.1, 0.15) is 0 Å². The molecule has 2 heteroatoms. The van der Waals surface area contributed by atoms with Crippen LogP contribution in [-0.2, 0) is 9.59 Å². The van der Waals surface area contributed by atoms with Crippen LogP contribution in [0.25, 0.3) is 0 Å². The molecule has 3 aliphatic rings. The van der Waals surface area contributed by atoms with E-state index in [-0.39, 0.29) is 23.4 Å². The average molecular weight is 220 g/mol. The molecule has 0 spiro atoms. The van der Waals surface area contributed by atoms with Gasteiger partial charge in [0.2, 0.25) is 11.6 Å². The Balaban J connectivity index is 1.90. The van der Waals surface area contributed by atoms with Crippen LogP contribution < -0.4 is 0 Å². The molecule has 88 valence electrons. The highest BCUT2D eigenvalue weighted by Gasteiger charge is 2.49. The minimum atomic E-state index is -0.00662. The van der Waals surface area contributed by atoms with Crippen molar-refractivity contribution in [3.8, 4) is 0 Å². The molecule has 0 aromatic rings. The second-order valence-electron chi connectivity index (χ2n) is 5.84. The summed E-state index contributed by atoms with van der Waals surface area (Å²) < 4.78 is 0. The van der Waals surface area contributed by atoms with Crippen LogP contribution in [0.4, 0.5) is 0 Å². The summed E-state index contributed by atoms with van der Waals surface area (Å²) in [6.45, 7) is 0. The van der Waals surface area contributed by atoms with Gasteiger partial charge in [-0.25, -0.2) is 0 Å². The van der Waals surface area contributed by atoms with Crippen LogP contribution >= 0.6 is 0 Å². The quantitative estimate of drug-likeness (QED) is 0.588. The van der Waals surface area contributed by atoms with Crippen molar-refractivity contribution in [3.05, 3.63) is 0 Å². The lowest BCUT2D eigenvalue weighted by Gasteiger charge is -2.45. The van der Waals surface area contributed by atoms with E-state index in [9.17, 15) is 9.59 Å². The lowest BCUT2D eigenvalue weighted by atomic mass is 9.57. The van der Waals surface area contributed by atoms with Crippen LogP contribution in [0.5, 0.6) is 0 Å². The molecule has 0 bridgehead atoms. The Labute approximate surface area is 96.8 Å². The highest BCUT2D eigenvalue weighted by molar-refractivity contribution is 6.39. The number of Topliss-reactive ketones (excluding diaryl/α,β-unsaturated/α-hetero) is 2. The highest BCUT2D eigenvalue weighted by atomic mass is 16.2. The third-order valence-electron chi connectivity index (χ3n) is 5.11. The van der Waals surface area contributed by atoms with Crippen molar-refractivity contribution >= 4 is 11.6 Å². The summed E-state index contributed by atoms with van der Waals surface area (Å²) in [5, 5.41) is 0. The molecule has 0 saturated heterocycles. The Hall–Kier alpha value is -0.660. The largest absolute Gasteiger partial charge is 0.291 e. The zero-order valence-electron chi connectivity index (χ0n) is 9.78. The van der Waals surface area contributed by atoms with E-state index >= 15 is 0 Å². The van der Waals surface area contributed by atoms with Crippen molar-refractivity contribution in [2.24, 2.45) is 23.7 Å². The first-order valence-corrected chi connectivity index (χ1v) is 6.87. The van der Waals surface area contributed by atoms with E-state index in [0.717, 1.165) is 25.7 Å². The molecule has 0 heterocycles. The topological polar surface area (TPSA) is 34.1 Å². The molecule has 0 aliphatic heterocycles. The highest BCUT2D eigenvalue weighted by Crippen LogP contribution is 2.48. The molecule has 2 nitrogen and oxygen atoms in total. The maximum Gasteiger partial charge on any atom is 0.202 e. The Kier molecular flexibility index (Phi) is 2.61. The van der Waals surface area contributed by atoms with E-state index in [4.69, 9.17) is 0 Å². The first-order chi connectivity index (χ1) is 7.79. The number of hydrogen-bond acceptors (Lipinski definition) is 2. The molecule has 3 saturated carbocycles. The number of ketones is 2. The van der Waals surface area contributed by atoms with Gasteiger partial charge in [0.05, 0.1) is 0 Å². The summed E-state index contributed by atoms with van der Waals surface area (Å²) >= 11 is 0. The summed E-state index contributed by atoms with van der Waals surface area (Å²) in [4.78, 5) is 24.1.